The Balaban J connectivity index is 2.32. The molecule has 1 N–H and O–H groups in total. The molecular weight excluding hydrogens is 320 g/mol. The summed E-state index contributed by atoms with van der Waals surface area (Å²) >= 11 is 9.02. The molecule has 1 aromatic heterocycles. The average molecular weight is 333 g/mol. The van der Waals surface area contributed by atoms with E-state index in [-0.39, 0.29) is 0 Å². The maximum atomic E-state index is 5.45. The third-order valence-electron chi connectivity index (χ3n) is 3.25. The van der Waals surface area contributed by atoms with Crippen molar-refractivity contribution in [1.29, 1.82) is 0 Å². The smallest absolute Gasteiger partial charge is 0.182 e. The third-order valence-corrected chi connectivity index (χ3v) is 4.39. The van der Waals surface area contributed by atoms with Gasteiger partial charge in [-0.2, -0.15) is 0 Å². The molecule has 19 heavy (non-hydrogen) atoms. The van der Waals surface area contributed by atoms with Gasteiger partial charge in [-0.05, 0) is 61.5 Å². The summed E-state index contributed by atoms with van der Waals surface area (Å²) in [6.07, 6.45) is 0. The van der Waals surface area contributed by atoms with Crippen molar-refractivity contribution in [2.45, 2.75) is 13.8 Å². The highest BCUT2D eigenvalue weighted by Gasteiger charge is 2.07. The van der Waals surface area contributed by atoms with Gasteiger partial charge in [0.2, 0.25) is 0 Å². The van der Waals surface area contributed by atoms with Gasteiger partial charge in [-0.25, -0.2) is 0 Å². The molecule has 0 saturated carbocycles. The largest absolute Gasteiger partial charge is 0.330 e. The van der Waals surface area contributed by atoms with E-state index in [1.165, 1.54) is 11.1 Å². The number of aromatic amines is 1. The van der Waals surface area contributed by atoms with Crippen molar-refractivity contribution in [3.05, 3.63) is 56.8 Å². The van der Waals surface area contributed by atoms with E-state index in [0.29, 0.717) is 0 Å². The number of benzene rings is 2. The number of fused-ring (bicyclic) bond motifs is 1. The maximum Gasteiger partial charge on any atom is 0.182 e. The molecule has 0 aliphatic rings. The second kappa shape index (κ2) is 4.62. The first-order chi connectivity index (χ1) is 9.06. The van der Waals surface area contributed by atoms with E-state index in [4.69, 9.17) is 12.2 Å². The summed E-state index contributed by atoms with van der Waals surface area (Å²) in [5.41, 5.74) is 5.68. The molecule has 0 unspecified atom stereocenters. The molecule has 4 heteroatoms. The lowest BCUT2D eigenvalue weighted by Crippen LogP contribution is -1.94. The standard InChI is InChI=1S/C15H13BrN2S/c1-9-3-6-14-13(7-9)17-15(19)18(14)11-5-4-10(2)12(16)8-11/h3-8H,1-2H3,(H,17,19). The molecule has 0 aliphatic carbocycles. The SMILES string of the molecule is Cc1ccc2c(c1)[nH]c(=S)n2-c1ccc(C)c(Br)c1. The molecule has 0 bridgehead atoms. The van der Waals surface area contributed by atoms with Crippen LogP contribution in [0.3, 0.4) is 0 Å². The van der Waals surface area contributed by atoms with E-state index in [9.17, 15) is 0 Å². The van der Waals surface area contributed by atoms with Crippen LogP contribution in [0.15, 0.2) is 40.9 Å². The van der Waals surface area contributed by atoms with Crippen LogP contribution in [0.4, 0.5) is 0 Å². The highest BCUT2D eigenvalue weighted by atomic mass is 79.9. The van der Waals surface area contributed by atoms with Gasteiger partial charge >= 0.3 is 0 Å². The molecule has 2 aromatic carbocycles. The number of H-pyrrole nitrogens is 1. The van der Waals surface area contributed by atoms with Crippen LogP contribution in [-0.2, 0) is 0 Å². The number of nitrogens with zero attached hydrogens (tertiary/aromatic N) is 1. The Hall–Kier alpha value is -1.39. The summed E-state index contributed by atoms with van der Waals surface area (Å²) in [4.78, 5) is 3.26. The molecule has 0 spiro atoms. The van der Waals surface area contributed by atoms with E-state index in [0.717, 1.165) is 26.0 Å². The Morgan fingerprint density at radius 3 is 2.63 bits per heavy atom. The lowest BCUT2D eigenvalue weighted by Gasteiger charge is -2.07. The van der Waals surface area contributed by atoms with E-state index in [1.807, 2.05) is 0 Å². The Morgan fingerprint density at radius 2 is 1.89 bits per heavy atom. The molecule has 1 heterocycles. The third kappa shape index (κ3) is 2.15. The van der Waals surface area contributed by atoms with Crippen molar-refractivity contribution >= 4 is 39.2 Å². The normalized spacial score (nSPS) is 11.1. The topological polar surface area (TPSA) is 20.7 Å². The molecule has 0 amide bonds. The van der Waals surface area contributed by atoms with Crippen LogP contribution < -0.4 is 0 Å². The summed E-state index contributed by atoms with van der Waals surface area (Å²) < 4.78 is 3.87. The van der Waals surface area contributed by atoms with Crippen LogP contribution in [0, 0.1) is 18.6 Å². The number of halogens is 1. The van der Waals surface area contributed by atoms with Crippen LogP contribution in [0.5, 0.6) is 0 Å². The summed E-state index contributed by atoms with van der Waals surface area (Å²) in [5.74, 6) is 0. The van der Waals surface area contributed by atoms with Crippen molar-refractivity contribution < 1.29 is 0 Å². The summed E-state index contributed by atoms with van der Waals surface area (Å²) in [6.45, 7) is 4.15. The van der Waals surface area contributed by atoms with E-state index in [2.05, 4.69) is 75.7 Å². The Morgan fingerprint density at radius 1 is 1.11 bits per heavy atom. The molecule has 3 aromatic rings. The number of nitrogens with one attached hydrogen (secondary N) is 1. The van der Waals surface area contributed by atoms with Crippen molar-refractivity contribution in [2.24, 2.45) is 0 Å². The summed E-state index contributed by atoms with van der Waals surface area (Å²) in [7, 11) is 0. The summed E-state index contributed by atoms with van der Waals surface area (Å²) in [6, 6.07) is 12.6. The predicted octanol–water partition coefficient (Wildman–Crippen LogP) is 5.07. The fourth-order valence-corrected chi connectivity index (χ4v) is 2.88. The minimum Gasteiger partial charge on any atom is -0.330 e. The van der Waals surface area contributed by atoms with E-state index < -0.39 is 0 Å². The summed E-state index contributed by atoms with van der Waals surface area (Å²) in [5, 5.41) is 0. The van der Waals surface area contributed by atoms with Crippen LogP contribution >= 0.6 is 28.1 Å². The monoisotopic (exact) mass is 332 g/mol. The van der Waals surface area contributed by atoms with Gasteiger partial charge in [-0.15, -0.1) is 0 Å². The zero-order valence-corrected chi connectivity index (χ0v) is 13.1. The number of aromatic nitrogens is 2. The van der Waals surface area contributed by atoms with Crippen LogP contribution in [0.25, 0.3) is 16.7 Å². The number of hydrogen-bond donors (Lipinski definition) is 1. The van der Waals surface area contributed by atoms with Gasteiger partial charge in [0, 0.05) is 10.2 Å². The van der Waals surface area contributed by atoms with Crippen LogP contribution in [0.2, 0.25) is 0 Å². The minimum atomic E-state index is 0.719. The molecule has 0 fully saturated rings. The molecule has 3 rings (SSSR count). The molecule has 2 nitrogen and oxygen atoms in total. The Kier molecular flexibility index (Phi) is 3.07. The molecular formula is C15H13BrN2S. The second-order valence-corrected chi connectivity index (χ2v) is 5.96. The van der Waals surface area contributed by atoms with E-state index >= 15 is 0 Å². The first kappa shape index (κ1) is 12.6. The van der Waals surface area contributed by atoms with Gasteiger partial charge in [0.25, 0.3) is 0 Å². The van der Waals surface area contributed by atoms with E-state index in [1.54, 1.807) is 0 Å². The van der Waals surface area contributed by atoms with Gasteiger partial charge in [0.15, 0.2) is 4.77 Å². The van der Waals surface area contributed by atoms with Crippen molar-refractivity contribution in [2.75, 3.05) is 0 Å². The minimum absolute atomic E-state index is 0.719. The first-order valence-electron chi connectivity index (χ1n) is 6.04. The zero-order chi connectivity index (χ0) is 13.6. The second-order valence-electron chi connectivity index (χ2n) is 4.72. The zero-order valence-electron chi connectivity index (χ0n) is 10.7. The fraction of sp³-hybridized carbons (Fsp3) is 0.133. The quantitative estimate of drug-likeness (QED) is 0.617. The van der Waals surface area contributed by atoms with Crippen molar-refractivity contribution in [3.8, 4) is 5.69 Å². The molecule has 0 saturated heterocycles. The van der Waals surface area contributed by atoms with Gasteiger partial charge in [0.05, 0.1) is 11.0 Å². The lowest BCUT2D eigenvalue weighted by molar-refractivity contribution is 1.06. The number of imidazole rings is 1. The van der Waals surface area contributed by atoms with Gasteiger partial charge in [0.1, 0.15) is 0 Å². The lowest BCUT2D eigenvalue weighted by atomic mass is 10.2. The highest BCUT2D eigenvalue weighted by Crippen LogP contribution is 2.24. The van der Waals surface area contributed by atoms with Crippen LogP contribution in [-0.4, -0.2) is 9.55 Å². The molecule has 96 valence electrons. The molecule has 0 radical (unpaired) electrons. The fourth-order valence-electron chi connectivity index (χ4n) is 2.20. The number of hydrogen-bond acceptors (Lipinski definition) is 1. The first-order valence-corrected chi connectivity index (χ1v) is 7.24. The molecule has 0 atom stereocenters. The van der Waals surface area contributed by atoms with Gasteiger partial charge in [-0.3, -0.25) is 4.57 Å². The highest BCUT2D eigenvalue weighted by molar-refractivity contribution is 9.10. The Labute approximate surface area is 125 Å². The predicted molar refractivity (Wildman–Crippen MR) is 85.6 cm³/mol. The van der Waals surface area contributed by atoms with Crippen molar-refractivity contribution in [3.63, 3.8) is 0 Å². The number of aryl methyl sites for hydroxylation is 2. The van der Waals surface area contributed by atoms with Gasteiger partial charge < -0.3 is 4.98 Å². The molecule has 0 aliphatic heterocycles. The van der Waals surface area contributed by atoms with Gasteiger partial charge in [-0.1, -0.05) is 28.1 Å². The van der Waals surface area contributed by atoms with Crippen molar-refractivity contribution in [1.82, 2.24) is 9.55 Å². The maximum absolute atomic E-state index is 5.45. The van der Waals surface area contributed by atoms with Crippen LogP contribution in [0.1, 0.15) is 11.1 Å². The average Bonchev–Trinajstić information content (AvgIpc) is 2.68. The Bertz CT molecular complexity index is 830. The number of rotatable bonds is 1.